The van der Waals surface area contributed by atoms with E-state index in [2.05, 4.69) is 10.2 Å². The van der Waals surface area contributed by atoms with Gasteiger partial charge in [-0.25, -0.2) is 8.78 Å². The summed E-state index contributed by atoms with van der Waals surface area (Å²) < 4.78 is 34.0. The van der Waals surface area contributed by atoms with Gasteiger partial charge in [0.1, 0.15) is 17.2 Å². The van der Waals surface area contributed by atoms with Crippen LogP contribution in [0.4, 0.5) is 8.78 Å². The Balaban J connectivity index is 1.85. The van der Waals surface area contributed by atoms with Crippen molar-refractivity contribution in [2.75, 3.05) is 0 Å². The van der Waals surface area contributed by atoms with Crippen molar-refractivity contribution in [3.05, 3.63) is 47.2 Å². The zero-order valence-electron chi connectivity index (χ0n) is 14.9. The molecule has 1 fully saturated rings. The lowest BCUT2D eigenvalue weighted by Gasteiger charge is -2.38. The molecule has 2 bridgehead atoms. The topological polar surface area (TPSA) is 98.3 Å². The van der Waals surface area contributed by atoms with Crippen LogP contribution in [0.25, 0.3) is 11.3 Å². The van der Waals surface area contributed by atoms with Crippen molar-refractivity contribution >= 4 is 5.91 Å². The fourth-order valence-corrected chi connectivity index (χ4v) is 4.65. The van der Waals surface area contributed by atoms with Crippen LogP contribution < -0.4 is 5.73 Å². The van der Waals surface area contributed by atoms with Crippen LogP contribution in [0.5, 0.6) is 0 Å². The second-order valence-corrected chi connectivity index (χ2v) is 7.64. The third kappa shape index (κ3) is 2.33. The van der Waals surface area contributed by atoms with E-state index in [-0.39, 0.29) is 17.2 Å². The molecule has 8 heteroatoms. The maximum absolute atomic E-state index is 14.1. The molecule has 0 radical (unpaired) electrons. The number of aromatic nitrogens is 2. The highest BCUT2D eigenvalue weighted by atomic mass is 19.1. The minimum absolute atomic E-state index is 0.0170. The fourth-order valence-electron chi connectivity index (χ4n) is 4.65. The van der Waals surface area contributed by atoms with E-state index in [0.717, 1.165) is 24.1 Å². The molecular weight excluding hydrogens is 356 g/mol. The largest absolute Gasteiger partial charge is 0.365 e. The van der Waals surface area contributed by atoms with Gasteiger partial charge < -0.3 is 15.6 Å². The number of carbonyl (C=O) groups is 1. The molecule has 1 heterocycles. The Labute approximate surface area is 154 Å². The number of carbonyl (C=O) groups excluding carboxylic acids is 1. The van der Waals surface area contributed by atoms with E-state index < -0.39 is 34.8 Å². The summed E-state index contributed by atoms with van der Waals surface area (Å²) >= 11 is 0. The van der Waals surface area contributed by atoms with Crippen LogP contribution in [0.2, 0.25) is 0 Å². The number of aliphatic hydroxyl groups is 1. The second-order valence-electron chi connectivity index (χ2n) is 7.64. The van der Waals surface area contributed by atoms with Gasteiger partial charge in [0.05, 0.1) is 17.0 Å². The molecule has 1 aromatic heterocycles. The van der Waals surface area contributed by atoms with Crippen LogP contribution in [-0.4, -0.2) is 27.5 Å². The van der Waals surface area contributed by atoms with Crippen LogP contribution in [0, 0.1) is 17.0 Å². The van der Waals surface area contributed by atoms with Crippen LogP contribution in [0.15, 0.2) is 24.3 Å². The molecule has 4 rings (SSSR count). The normalized spacial score (nSPS) is 26.0. The minimum atomic E-state index is -1.78. The first-order chi connectivity index (χ1) is 12.7. The van der Waals surface area contributed by atoms with Gasteiger partial charge in [-0.2, -0.15) is 5.10 Å². The first-order valence-electron chi connectivity index (χ1n) is 8.67. The number of hydrogen-bond donors (Lipinski definition) is 2. The summed E-state index contributed by atoms with van der Waals surface area (Å²) in [6, 6.07) is 5.24. The van der Waals surface area contributed by atoms with Crippen molar-refractivity contribution in [3.63, 3.8) is 0 Å². The van der Waals surface area contributed by atoms with E-state index in [1.807, 2.05) is 13.8 Å². The maximum atomic E-state index is 14.1. The molecule has 1 amide bonds. The monoisotopic (exact) mass is 375 g/mol. The molecule has 142 valence electrons. The third-order valence-corrected chi connectivity index (χ3v) is 6.05. The third-order valence-electron chi connectivity index (χ3n) is 6.05. The van der Waals surface area contributed by atoms with Crippen LogP contribution in [-0.2, 0) is 15.1 Å². The molecule has 3 N–H and O–H groups in total. The average Bonchev–Trinajstić information content (AvgIpc) is 2.95. The summed E-state index contributed by atoms with van der Waals surface area (Å²) in [6.07, 6.45) is -0.528. The Hall–Kier alpha value is -2.45. The fraction of sp³-hybridized carbons (Fsp3) is 0.421. The summed E-state index contributed by atoms with van der Waals surface area (Å²) in [7, 11) is 0. The number of amides is 1. The van der Waals surface area contributed by atoms with Crippen molar-refractivity contribution in [2.24, 2.45) is 11.1 Å². The number of halogens is 2. The van der Waals surface area contributed by atoms with Gasteiger partial charge in [0, 0.05) is 5.41 Å². The highest BCUT2D eigenvalue weighted by Crippen LogP contribution is 2.68. The Morgan fingerprint density at radius 1 is 1.33 bits per heavy atom. The summed E-state index contributed by atoms with van der Waals surface area (Å²) in [6.45, 7) is 3.90. The van der Waals surface area contributed by atoms with Gasteiger partial charge in [-0.15, -0.1) is 5.10 Å². The molecule has 6 nitrogen and oxygen atoms in total. The number of primary amides is 1. The van der Waals surface area contributed by atoms with Crippen molar-refractivity contribution in [3.8, 4) is 11.3 Å². The number of benzene rings is 1. The number of nitrogens with two attached hydrogens (primary N) is 1. The van der Waals surface area contributed by atoms with Crippen molar-refractivity contribution in [1.29, 1.82) is 0 Å². The summed E-state index contributed by atoms with van der Waals surface area (Å²) in [5.41, 5.74) is 4.70. The average molecular weight is 375 g/mol. The molecule has 2 aliphatic rings. The number of rotatable bonds is 4. The van der Waals surface area contributed by atoms with Gasteiger partial charge >= 0.3 is 0 Å². The molecule has 0 aliphatic heterocycles. The zero-order valence-corrected chi connectivity index (χ0v) is 14.9. The number of aliphatic hydroxyl groups excluding tert-OH is 1. The highest BCUT2D eigenvalue weighted by Gasteiger charge is 2.65. The Morgan fingerprint density at radius 2 is 2.00 bits per heavy atom. The van der Waals surface area contributed by atoms with Crippen molar-refractivity contribution < 1.29 is 23.4 Å². The molecular formula is C19H19F2N3O3. The number of ether oxygens (including phenoxy) is 1. The van der Waals surface area contributed by atoms with Gasteiger partial charge in [-0.05, 0) is 42.5 Å². The second kappa shape index (κ2) is 5.77. The predicted molar refractivity (Wildman–Crippen MR) is 91.1 cm³/mol. The van der Waals surface area contributed by atoms with Crippen molar-refractivity contribution in [1.82, 2.24) is 10.2 Å². The lowest BCUT2D eigenvalue weighted by molar-refractivity contribution is -0.217. The molecule has 0 unspecified atom stereocenters. The summed E-state index contributed by atoms with van der Waals surface area (Å²) in [5.74, 6) is -2.45. The summed E-state index contributed by atoms with van der Waals surface area (Å²) in [4.78, 5) is 11.3. The quantitative estimate of drug-likeness (QED) is 0.800. The van der Waals surface area contributed by atoms with Crippen LogP contribution >= 0.6 is 0 Å². The Morgan fingerprint density at radius 3 is 2.63 bits per heavy atom. The van der Waals surface area contributed by atoms with Crippen molar-refractivity contribution in [2.45, 2.75) is 44.5 Å². The standard InChI is InChI=1S/C19H19F2N3O3/c1-18(2)10-6-7-19(18,27-17(26)16(22)25)15-9(10)8-13(23-24-15)14-11(20)4-3-5-12(14)21/h3-5,8,10,17,26H,6-7H2,1-2H3,(H2,22,25)/t10-,17-,19-/m0/s1. The lowest BCUT2D eigenvalue weighted by Crippen LogP contribution is -2.45. The molecule has 0 saturated heterocycles. The molecule has 1 aromatic carbocycles. The number of hydrogen-bond acceptors (Lipinski definition) is 5. The smallest absolute Gasteiger partial charge is 0.274 e. The zero-order chi connectivity index (χ0) is 19.6. The molecule has 3 atom stereocenters. The van der Waals surface area contributed by atoms with Gasteiger partial charge in [0.25, 0.3) is 5.91 Å². The first-order valence-corrected chi connectivity index (χ1v) is 8.67. The molecule has 1 saturated carbocycles. The van der Waals surface area contributed by atoms with E-state index in [1.54, 1.807) is 6.07 Å². The lowest BCUT2D eigenvalue weighted by atomic mass is 9.77. The van der Waals surface area contributed by atoms with E-state index >= 15 is 0 Å². The van der Waals surface area contributed by atoms with Crippen LogP contribution in [0.1, 0.15) is 43.9 Å². The maximum Gasteiger partial charge on any atom is 0.274 e. The van der Waals surface area contributed by atoms with Crippen LogP contribution in [0.3, 0.4) is 0 Å². The van der Waals surface area contributed by atoms with E-state index in [1.165, 1.54) is 6.07 Å². The van der Waals surface area contributed by atoms with Gasteiger partial charge in [0.15, 0.2) is 0 Å². The molecule has 2 aliphatic carbocycles. The van der Waals surface area contributed by atoms with E-state index in [0.29, 0.717) is 12.1 Å². The molecule has 2 aromatic rings. The Kier molecular flexibility index (Phi) is 3.83. The van der Waals surface area contributed by atoms with E-state index in [9.17, 15) is 18.7 Å². The molecule has 0 spiro atoms. The summed E-state index contributed by atoms with van der Waals surface area (Å²) in [5, 5.41) is 18.1. The van der Waals surface area contributed by atoms with Gasteiger partial charge in [0.2, 0.25) is 6.29 Å². The SMILES string of the molecule is CC1(C)[C@H]2CC[C@]1(O[C@H](O)C(N)=O)c1nnc(-c3c(F)cccc3F)cc12. The Bertz CT molecular complexity index is 930. The molecule has 27 heavy (non-hydrogen) atoms. The number of fused-ring (bicyclic) bond motifs is 5. The predicted octanol–water partition coefficient (Wildman–Crippen LogP) is 2.35. The van der Waals surface area contributed by atoms with E-state index in [4.69, 9.17) is 10.5 Å². The first kappa shape index (κ1) is 17.9. The van der Waals surface area contributed by atoms with Gasteiger partial charge in [-0.3, -0.25) is 4.79 Å². The number of nitrogens with zero attached hydrogens (tertiary/aromatic N) is 2. The minimum Gasteiger partial charge on any atom is -0.365 e. The highest BCUT2D eigenvalue weighted by molar-refractivity contribution is 5.77. The van der Waals surface area contributed by atoms with Gasteiger partial charge in [-0.1, -0.05) is 19.9 Å².